The van der Waals surface area contributed by atoms with Crippen LogP contribution in [0.4, 0.5) is 4.79 Å². The number of nitrogens with one attached hydrogen (secondary N) is 1. The van der Waals surface area contributed by atoms with Gasteiger partial charge >= 0.3 is 6.09 Å². The lowest BCUT2D eigenvalue weighted by molar-refractivity contribution is 0.138. The number of carbonyl (C=O) groups excluding carboxylic acids is 1. The summed E-state index contributed by atoms with van der Waals surface area (Å²) in [6.45, 7) is 6.60. The molecule has 1 N–H and O–H groups in total. The molecule has 1 unspecified atom stereocenters. The van der Waals surface area contributed by atoms with Crippen molar-refractivity contribution in [3.63, 3.8) is 0 Å². The minimum atomic E-state index is -0.350. The van der Waals surface area contributed by atoms with E-state index in [9.17, 15) is 4.79 Å². The first-order valence-electron chi connectivity index (χ1n) is 8.60. The van der Waals surface area contributed by atoms with E-state index in [-0.39, 0.29) is 22.8 Å². The fourth-order valence-corrected chi connectivity index (χ4v) is 3.58. The van der Waals surface area contributed by atoms with Crippen LogP contribution in [0.2, 0.25) is 0 Å². The van der Waals surface area contributed by atoms with Gasteiger partial charge in [0.15, 0.2) is 0 Å². The number of hydrogen-bond acceptors (Lipinski definition) is 3. The fraction of sp³-hybridized carbons (Fsp3) is 0.381. The first kappa shape index (κ1) is 17.9. The van der Waals surface area contributed by atoms with E-state index >= 15 is 0 Å². The van der Waals surface area contributed by atoms with Crippen LogP contribution >= 0.6 is 11.8 Å². The summed E-state index contributed by atoms with van der Waals surface area (Å²) in [6.07, 6.45) is 1.70. The third-order valence-corrected chi connectivity index (χ3v) is 6.65. The van der Waals surface area contributed by atoms with E-state index in [0.29, 0.717) is 6.61 Å². The van der Waals surface area contributed by atoms with Crippen molar-refractivity contribution in [2.24, 2.45) is 0 Å². The molecule has 3 nitrogen and oxygen atoms in total. The van der Waals surface area contributed by atoms with Crippen LogP contribution in [0.5, 0.6) is 0 Å². The van der Waals surface area contributed by atoms with Crippen LogP contribution < -0.4 is 5.32 Å². The van der Waals surface area contributed by atoms with Crippen LogP contribution in [-0.4, -0.2) is 29.7 Å². The Morgan fingerprint density at radius 3 is 2.16 bits per heavy atom. The van der Waals surface area contributed by atoms with E-state index in [1.165, 1.54) is 22.3 Å². The van der Waals surface area contributed by atoms with E-state index in [0.717, 1.165) is 0 Å². The lowest BCUT2D eigenvalue weighted by atomic mass is 9.98. The molecule has 0 fully saturated rings. The van der Waals surface area contributed by atoms with E-state index in [1.807, 2.05) is 19.1 Å². The maximum Gasteiger partial charge on any atom is 0.407 e. The monoisotopic (exact) mass is 355 g/mol. The van der Waals surface area contributed by atoms with Crippen molar-refractivity contribution in [3.8, 4) is 11.1 Å². The van der Waals surface area contributed by atoms with Gasteiger partial charge in [-0.1, -0.05) is 48.5 Å². The number of hydrogen-bond donors (Lipinski definition) is 1. The van der Waals surface area contributed by atoms with E-state index < -0.39 is 0 Å². The van der Waals surface area contributed by atoms with Gasteiger partial charge in [-0.15, -0.1) is 0 Å². The number of ether oxygens (including phenoxy) is 1. The third-order valence-electron chi connectivity index (χ3n) is 5.25. The first-order chi connectivity index (χ1) is 11.9. The Hall–Kier alpha value is -1.94. The highest BCUT2D eigenvalue weighted by molar-refractivity contribution is 8.00. The molecule has 0 saturated heterocycles. The number of alkyl carbamates (subject to hydrolysis) is 1. The van der Waals surface area contributed by atoms with Gasteiger partial charge in [-0.05, 0) is 49.3 Å². The molecule has 3 rings (SSSR count). The molecule has 1 atom stereocenters. The molecule has 1 aliphatic rings. The standard InChI is InChI=1S/C21H25NO2S/c1-14(21(2,3)25-4)22-20(23)24-13-19-17-11-7-5-9-15(17)16-10-6-8-12-18(16)19/h5-12,14,19H,13H2,1-4H3,(H,22,23). The van der Waals surface area contributed by atoms with Crippen molar-refractivity contribution in [2.75, 3.05) is 12.9 Å². The Morgan fingerprint density at radius 1 is 1.12 bits per heavy atom. The Morgan fingerprint density at radius 2 is 1.64 bits per heavy atom. The molecule has 25 heavy (non-hydrogen) atoms. The molecule has 1 amide bonds. The van der Waals surface area contributed by atoms with E-state index in [1.54, 1.807) is 11.8 Å². The molecule has 0 aliphatic heterocycles. The third kappa shape index (κ3) is 3.54. The summed E-state index contributed by atoms with van der Waals surface area (Å²) in [4.78, 5) is 12.3. The number of benzene rings is 2. The molecule has 0 heterocycles. The summed E-state index contributed by atoms with van der Waals surface area (Å²) in [7, 11) is 0. The molecular weight excluding hydrogens is 330 g/mol. The Bertz CT molecular complexity index is 726. The van der Waals surface area contributed by atoms with Gasteiger partial charge in [0.25, 0.3) is 0 Å². The summed E-state index contributed by atoms with van der Waals surface area (Å²) < 4.78 is 5.55. The highest BCUT2D eigenvalue weighted by Gasteiger charge is 2.30. The molecule has 1 aliphatic carbocycles. The van der Waals surface area contributed by atoms with Crippen molar-refractivity contribution in [3.05, 3.63) is 59.7 Å². The summed E-state index contributed by atoms with van der Waals surface area (Å²) in [6, 6.07) is 16.7. The molecule has 0 spiro atoms. The zero-order valence-corrected chi connectivity index (χ0v) is 16.0. The molecule has 2 aromatic rings. The molecule has 4 heteroatoms. The van der Waals surface area contributed by atoms with Crippen LogP contribution in [0.25, 0.3) is 11.1 Å². The summed E-state index contributed by atoms with van der Waals surface area (Å²) in [5, 5.41) is 2.96. The van der Waals surface area contributed by atoms with Crippen LogP contribution in [0.15, 0.2) is 48.5 Å². The maximum atomic E-state index is 12.3. The number of fused-ring (bicyclic) bond motifs is 3. The van der Waals surface area contributed by atoms with Crippen LogP contribution in [0.3, 0.4) is 0 Å². The van der Waals surface area contributed by atoms with Gasteiger partial charge in [0.1, 0.15) is 6.61 Å². The maximum absolute atomic E-state index is 12.3. The van der Waals surface area contributed by atoms with Gasteiger partial charge in [0.05, 0.1) is 0 Å². The predicted molar refractivity (Wildman–Crippen MR) is 105 cm³/mol. The Kier molecular flexibility index (Phi) is 5.09. The van der Waals surface area contributed by atoms with Crippen LogP contribution in [0.1, 0.15) is 37.8 Å². The van der Waals surface area contributed by atoms with Crippen LogP contribution in [0, 0.1) is 0 Å². The topological polar surface area (TPSA) is 38.3 Å². The predicted octanol–water partition coefficient (Wildman–Crippen LogP) is 5.06. The smallest absolute Gasteiger partial charge is 0.407 e. The summed E-state index contributed by atoms with van der Waals surface area (Å²) >= 11 is 1.73. The van der Waals surface area contributed by atoms with Crippen LogP contribution in [-0.2, 0) is 4.74 Å². The lowest BCUT2D eigenvalue weighted by Gasteiger charge is -2.30. The zero-order valence-electron chi connectivity index (χ0n) is 15.2. The first-order valence-corrected chi connectivity index (χ1v) is 9.83. The largest absolute Gasteiger partial charge is 0.449 e. The van der Waals surface area contributed by atoms with Crippen molar-refractivity contribution in [2.45, 2.75) is 37.5 Å². The van der Waals surface area contributed by atoms with Gasteiger partial charge in [0.2, 0.25) is 0 Å². The highest BCUT2D eigenvalue weighted by Crippen LogP contribution is 2.44. The Labute approximate surface area is 154 Å². The molecule has 0 radical (unpaired) electrons. The minimum Gasteiger partial charge on any atom is -0.449 e. The Balaban J connectivity index is 1.71. The molecule has 2 aromatic carbocycles. The second kappa shape index (κ2) is 7.12. The van der Waals surface area contributed by atoms with E-state index in [4.69, 9.17) is 4.74 Å². The average molecular weight is 356 g/mol. The van der Waals surface area contributed by atoms with Crippen molar-refractivity contribution in [1.82, 2.24) is 5.32 Å². The normalized spacial score (nSPS) is 14.6. The van der Waals surface area contributed by atoms with E-state index in [2.05, 4.69) is 61.8 Å². The van der Waals surface area contributed by atoms with Crippen molar-refractivity contribution < 1.29 is 9.53 Å². The minimum absolute atomic E-state index is 0.0261. The second-order valence-electron chi connectivity index (χ2n) is 7.00. The quantitative estimate of drug-likeness (QED) is 0.815. The number of thioether (sulfide) groups is 1. The SMILES string of the molecule is CSC(C)(C)C(C)NC(=O)OCC1c2ccccc2-c2ccccc21. The molecule has 0 saturated carbocycles. The fourth-order valence-electron chi connectivity index (χ4n) is 3.17. The van der Waals surface area contributed by atoms with Gasteiger partial charge in [-0.2, -0.15) is 11.8 Å². The summed E-state index contributed by atoms with van der Waals surface area (Å²) in [5.74, 6) is 0.0991. The van der Waals surface area contributed by atoms with Gasteiger partial charge in [-0.3, -0.25) is 0 Å². The number of amides is 1. The van der Waals surface area contributed by atoms with Gasteiger partial charge < -0.3 is 10.1 Å². The molecule has 0 aromatic heterocycles. The average Bonchev–Trinajstić information content (AvgIpc) is 2.94. The molecular formula is C21H25NO2S. The van der Waals surface area contributed by atoms with Crippen molar-refractivity contribution >= 4 is 17.9 Å². The second-order valence-corrected chi connectivity index (χ2v) is 8.46. The number of carbonyl (C=O) groups is 1. The van der Waals surface area contributed by atoms with Gasteiger partial charge in [-0.25, -0.2) is 4.79 Å². The molecule has 0 bridgehead atoms. The lowest BCUT2D eigenvalue weighted by Crippen LogP contribution is -2.45. The molecule has 132 valence electrons. The van der Waals surface area contributed by atoms with Gasteiger partial charge in [0, 0.05) is 16.7 Å². The zero-order chi connectivity index (χ0) is 18.0. The van der Waals surface area contributed by atoms with Crippen molar-refractivity contribution in [1.29, 1.82) is 0 Å². The summed E-state index contributed by atoms with van der Waals surface area (Å²) in [5.41, 5.74) is 4.94. The highest BCUT2D eigenvalue weighted by atomic mass is 32.2. The number of rotatable bonds is 5.